The summed E-state index contributed by atoms with van der Waals surface area (Å²) in [7, 11) is 0. The third kappa shape index (κ3) is 4.15. The number of anilines is 1. The fourth-order valence-corrected chi connectivity index (χ4v) is 2.24. The second-order valence-corrected chi connectivity index (χ2v) is 4.90. The molecule has 0 aliphatic carbocycles. The van der Waals surface area contributed by atoms with E-state index in [1.807, 2.05) is 0 Å². The number of aromatic nitrogens is 2. The van der Waals surface area contributed by atoms with Crippen LogP contribution in [0.2, 0.25) is 0 Å². The van der Waals surface area contributed by atoms with Gasteiger partial charge in [0.1, 0.15) is 6.04 Å². The van der Waals surface area contributed by atoms with E-state index < -0.39 is 24.0 Å². The molecule has 0 bridgehead atoms. The van der Waals surface area contributed by atoms with E-state index in [4.69, 9.17) is 5.11 Å². The Labute approximate surface area is 121 Å². The largest absolute Gasteiger partial charge is 0.480 e. The van der Waals surface area contributed by atoms with Gasteiger partial charge in [-0.1, -0.05) is 30.3 Å². The van der Waals surface area contributed by atoms with Crippen LogP contribution in [0.1, 0.15) is 11.4 Å². The highest BCUT2D eigenvalue weighted by molar-refractivity contribution is 7.09. The first-order valence-electron chi connectivity index (χ1n) is 5.80. The van der Waals surface area contributed by atoms with Crippen molar-refractivity contribution in [2.75, 3.05) is 5.32 Å². The predicted molar refractivity (Wildman–Crippen MR) is 70.1 cm³/mol. The number of nitrogens with one attached hydrogen (secondary N) is 1. The maximum absolute atomic E-state index is 12.4. The van der Waals surface area contributed by atoms with Crippen LogP contribution in [-0.2, 0) is 17.4 Å². The maximum atomic E-state index is 12.4. The van der Waals surface area contributed by atoms with Crippen molar-refractivity contribution in [1.29, 1.82) is 0 Å². The molecular weight excluding hydrogens is 307 g/mol. The number of hydrogen-bond donors (Lipinski definition) is 2. The fraction of sp³-hybridized carbons (Fsp3) is 0.250. The van der Waals surface area contributed by atoms with Crippen molar-refractivity contribution < 1.29 is 23.1 Å². The molecule has 0 radical (unpaired) electrons. The van der Waals surface area contributed by atoms with Crippen molar-refractivity contribution in [2.45, 2.75) is 18.6 Å². The summed E-state index contributed by atoms with van der Waals surface area (Å²) in [4.78, 5) is 14.4. The third-order valence-corrected chi connectivity index (χ3v) is 3.20. The third-order valence-electron chi connectivity index (χ3n) is 2.56. The van der Waals surface area contributed by atoms with Gasteiger partial charge in [0.05, 0.1) is 0 Å². The number of carbonyl (C=O) groups is 1. The van der Waals surface area contributed by atoms with Crippen LogP contribution in [0.15, 0.2) is 30.3 Å². The Hall–Kier alpha value is -2.16. The van der Waals surface area contributed by atoms with Gasteiger partial charge in [-0.3, -0.25) is 0 Å². The smallest absolute Gasteiger partial charge is 0.452 e. The molecule has 5 nitrogen and oxygen atoms in total. The normalized spacial score (nSPS) is 12.9. The molecule has 0 aliphatic heterocycles. The molecule has 1 atom stereocenters. The summed E-state index contributed by atoms with van der Waals surface area (Å²) in [5.41, 5.74) is 0.748. The first kappa shape index (κ1) is 15.2. The summed E-state index contributed by atoms with van der Waals surface area (Å²) in [5, 5.41) is 11.4. The van der Waals surface area contributed by atoms with Crippen LogP contribution in [0.5, 0.6) is 0 Å². The lowest BCUT2D eigenvalue weighted by Crippen LogP contribution is -2.31. The molecule has 2 rings (SSSR count). The Morgan fingerprint density at radius 3 is 2.52 bits per heavy atom. The molecule has 2 N–H and O–H groups in total. The van der Waals surface area contributed by atoms with E-state index in [1.165, 1.54) is 0 Å². The number of hydrogen-bond acceptors (Lipinski definition) is 5. The van der Waals surface area contributed by atoms with E-state index in [0.717, 1.165) is 5.56 Å². The molecule has 21 heavy (non-hydrogen) atoms. The average molecular weight is 317 g/mol. The quantitative estimate of drug-likeness (QED) is 0.887. The maximum Gasteiger partial charge on any atom is 0.452 e. The van der Waals surface area contributed by atoms with Gasteiger partial charge in [0, 0.05) is 18.0 Å². The van der Waals surface area contributed by atoms with Crippen molar-refractivity contribution in [3.63, 3.8) is 0 Å². The van der Waals surface area contributed by atoms with Gasteiger partial charge in [0.15, 0.2) is 0 Å². The first-order chi connectivity index (χ1) is 9.86. The Balaban J connectivity index is 2.10. The van der Waals surface area contributed by atoms with Gasteiger partial charge in [-0.05, 0) is 5.56 Å². The van der Waals surface area contributed by atoms with Crippen LogP contribution in [0.3, 0.4) is 0 Å². The number of carboxylic acids is 1. The molecule has 1 aromatic heterocycles. The Bertz CT molecular complexity index is 616. The molecular formula is C12H10F3N3O2S. The van der Waals surface area contributed by atoms with Gasteiger partial charge < -0.3 is 10.4 Å². The lowest BCUT2D eigenvalue weighted by molar-refractivity contribution is -0.144. The van der Waals surface area contributed by atoms with E-state index in [-0.39, 0.29) is 11.6 Å². The van der Waals surface area contributed by atoms with E-state index >= 15 is 0 Å². The number of aliphatic carboxylic acids is 1. The number of nitrogens with zero attached hydrogens (tertiary/aromatic N) is 2. The van der Waals surface area contributed by atoms with Gasteiger partial charge in [-0.25, -0.2) is 4.79 Å². The lowest BCUT2D eigenvalue weighted by atomic mass is 10.1. The SMILES string of the molecule is O=C(O)[C@H](Cc1ccccc1)Nc1nc(C(F)(F)F)ns1. The van der Waals surface area contributed by atoms with Crippen LogP contribution in [-0.4, -0.2) is 26.5 Å². The molecule has 0 aliphatic rings. The second kappa shape index (κ2) is 6.08. The van der Waals surface area contributed by atoms with E-state index in [2.05, 4.69) is 14.7 Å². The minimum atomic E-state index is -4.64. The number of benzene rings is 1. The summed E-state index contributed by atoms with van der Waals surface area (Å²) < 4.78 is 40.3. The average Bonchev–Trinajstić information content (AvgIpc) is 2.87. The van der Waals surface area contributed by atoms with Gasteiger partial charge in [-0.2, -0.15) is 22.5 Å². The summed E-state index contributed by atoms with van der Waals surface area (Å²) in [6.07, 6.45) is -4.52. The minimum absolute atomic E-state index is 0.122. The van der Waals surface area contributed by atoms with Gasteiger partial charge in [0.2, 0.25) is 11.0 Å². The van der Waals surface area contributed by atoms with Gasteiger partial charge in [-0.15, -0.1) is 0 Å². The van der Waals surface area contributed by atoms with Crippen LogP contribution >= 0.6 is 11.5 Å². The highest BCUT2D eigenvalue weighted by Gasteiger charge is 2.36. The Kier molecular flexibility index (Phi) is 4.41. The van der Waals surface area contributed by atoms with Crippen molar-refractivity contribution in [2.24, 2.45) is 0 Å². The fourth-order valence-electron chi connectivity index (χ4n) is 1.60. The molecule has 0 fully saturated rings. The second-order valence-electron chi connectivity index (χ2n) is 4.15. The molecule has 0 amide bonds. The van der Waals surface area contributed by atoms with Crippen molar-refractivity contribution in [1.82, 2.24) is 9.36 Å². The number of alkyl halides is 3. The zero-order valence-corrected chi connectivity index (χ0v) is 11.3. The van der Waals surface area contributed by atoms with Crippen molar-refractivity contribution >= 4 is 22.6 Å². The van der Waals surface area contributed by atoms with Crippen LogP contribution in [0, 0.1) is 0 Å². The predicted octanol–water partition coefficient (Wildman–Crippen LogP) is 2.66. The summed E-state index contributed by atoms with van der Waals surface area (Å²) in [6.45, 7) is 0. The highest BCUT2D eigenvalue weighted by Crippen LogP contribution is 2.29. The molecule has 0 saturated heterocycles. The molecule has 2 aromatic rings. The van der Waals surface area contributed by atoms with E-state index in [9.17, 15) is 18.0 Å². The Morgan fingerprint density at radius 2 is 2.00 bits per heavy atom. The topological polar surface area (TPSA) is 75.1 Å². The lowest BCUT2D eigenvalue weighted by Gasteiger charge is -2.13. The summed E-state index contributed by atoms with van der Waals surface area (Å²) in [5.74, 6) is -2.46. The van der Waals surface area contributed by atoms with Crippen LogP contribution in [0.4, 0.5) is 18.3 Å². The monoisotopic (exact) mass is 317 g/mol. The molecule has 0 unspecified atom stereocenters. The molecule has 9 heteroatoms. The van der Waals surface area contributed by atoms with Crippen molar-refractivity contribution in [3.05, 3.63) is 41.7 Å². The minimum Gasteiger partial charge on any atom is -0.480 e. The van der Waals surface area contributed by atoms with Crippen LogP contribution < -0.4 is 5.32 Å². The Morgan fingerprint density at radius 1 is 1.33 bits per heavy atom. The number of halogens is 3. The number of carboxylic acid groups (broad SMARTS) is 1. The molecule has 112 valence electrons. The van der Waals surface area contributed by atoms with Gasteiger partial charge >= 0.3 is 12.1 Å². The highest BCUT2D eigenvalue weighted by atomic mass is 32.1. The molecule has 0 saturated carbocycles. The van der Waals surface area contributed by atoms with Crippen LogP contribution in [0.25, 0.3) is 0 Å². The van der Waals surface area contributed by atoms with Gasteiger partial charge in [0.25, 0.3) is 0 Å². The number of rotatable bonds is 5. The molecule has 1 heterocycles. The molecule has 1 aromatic carbocycles. The van der Waals surface area contributed by atoms with E-state index in [1.54, 1.807) is 30.3 Å². The summed E-state index contributed by atoms with van der Waals surface area (Å²) in [6, 6.07) is 7.67. The first-order valence-corrected chi connectivity index (χ1v) is 6.58. The van der Waals surface area contributed by atoms with E-state index in [0.29, 0.717) is 11.5 Å². The zero-order chi connectivity index (χ0) is 15.5. The zero-order valence-electron chi connectivity index (χ0n) is 10.5. The molecule has 0 spiro atoms. The summed E-state index contributed by atoms with van der Waals surface area (Å²) >= 11 is 0.477. The van der Waals surface area contributed by atoms with Crippen molar-refractivity contribution in [3.8, 4) is 0 Å². The standard InChI is InChI=1S/C12H10F3N3O2S/c13-12(14,15)10-17-11(21-18-10)16-8(9(19)20)6-7-4-2-1-3-5-7/h1-5,8H,6H2,(H,19,20)(H,16,17,18)/t8-/m0/s1.